The van der Waals surface area contributed by atoms with Gasteiger partial charge < -0.3 is 4.90 Å². The summed E-state index contributed by atoms with van der Waals surface area (Å²) >= 11 is 0. The normalized spacial score (nSPS) is 24.4. The van der Waals surface area contributed by atoms with E-state index in [0.29, 0.717) is 6.42 Å². The Labute approximate surface area is 163 Å². The molecular formula is C19H22N4O4S. The highest BCUT2D eigenvalue weighted by Gasteiger charge is 2.46. The van der Waals surface area contributed by atoms with Crippen molar-refractivity contribution in [3.8, 4) is 0 Å². The van der Waals surface area contributed by atoms with Crippen LogP contribution < -0.4 is 5.56 Å². The van der Waals surface area contributed by atoms with E-state index in [1.165, 1.54) is 33.7 Å². The summed E-state index contributed by atoms with van der Waals surface area (Å²) in [5.41, 5.74) is 0.492. The zero-order valence-electron chi connectivity index (χ0n) is 15.7. The van der Waals surface area contributed by atoms with Gasteiger partial charge in [0.15, 0.2) is 0 Å². The minimum absolute atomic E-state index is 0.134. The smallest absolute Gasteiger partial charge is 0.251 e. The Morgan fingerprint density at radius 2 is 1.96 bits per heavy atom. The van der Waals surface area contributed by atoms with Crippen LogP contribution in [0.2, 0.25) is 0 Å². The predicted molar refractivity (Wildman–Crippen MR) is 102 cm³/mol. The molecule has 2 aliphatic rings. The predicted octanol–water partition coefficient (Wildman–Crippen LogP) is 0.681. The topological polar surface area (TPSA) is 92.6 Å². The first-order valence-corrected chi connectivity index (χ1v) is 10.6. The molecule has 2 aromatic rings. The first-order valence-electron chi connectivity index (χ1n) is 9.13. The van der Waals surface area contributed by atoms with Crippen LogP contribution in [-0.2, 0) is 14.8 Å². The Kier molecular flexibility index (Phi) is 4.59. The molecule has 28 heavy (non-hydrogen) atoms. The lowest BCUT2D eigenvalue weighted by Gasteiger charge is -2.46. The fourth-order valence-corrected chi connectivity index (χ4v) is 5.83. The van der Waals surface area contributed by atoms with E-state index in [0.717, 1.165) is 5.69 Å². The Hall–Kier alpha value is -2.52. The highest BCUT2D eigenvalue weighted by atomic mass is 32.2. The van der Waals surface area contributed by atoms with E-state index in [9.17, 15) is 18.0 Å². The monoisotopic (exact) mass is 402 g/mol. The maximum atomic E-state index is 13.1. The van der Waals surface area contributed by atoms with Gasteiger partial charge in [-0.05, 0) is 24.6 Å². The zero-order valence-corrected chi connectivity index (χ0v) is 16.5. The number of carbonyl (C=O) groups excluding carboxylic acids is 1. The van der Waals surface area contributed by atoms with Crippen LogP contribution in [0.3, 0.4) is 0 Å². The molecule has 0 saturated carbocycles. The zero-order chi connectivity index (χ0) is 20.1. The van der Waals surface area contributed by atoms with Gasteiger partial charge in [-0.15, -0.1) is 0 Å². The summed E-state index contributed by atoms with van der Waals surface area (Å²) in [5.74, 6) is -0.600. The highest BCUT2D eigenvalue weighted by molar-refractivity contribution is 7.89. The van der Waals surface area contributed by atoms with Gasteiger partial charge in [0.05, 0.1) is 0 Å². The number of rotatable bonds is 3. The summed E-state index contributed by atoms with van der Waals surface area (Å²) in [6.07, 6.45) is 3.53. The molecule has 1 saturated heterocycles. The first-order chi connectivity index (χ1) is 13.3. The van der Waals surface area contributed by atoms with Crippen LogP contribution in [0.5, 0.6) is 0 Å². The summed E-state index contributed by atoms with van der Waals surface area (Å²) < 4.78 is 29.3. The van der Waals surface area contributed by atoms with Gasteiger partial charge in [-0.3, -0.25) is 19.1 Å². The fraction of sp³-hybridized carbons (Fsp3) is 0.421. The third-order valence-corrected chi connectivity index (χ3v) is 7.39. The van der Waals surface area contributed by atoms with Crippen LogP contribution in [0.15, 0.2) is 52.4 Å². The third-order valence-electron chi connectivity index (χ3n) is 5.58. The number of hydrogen-bond acceptors (Lipinski definition) is 5. The van der Waals surface area contributed by atoms with Gasteiger partial charge in [-0.2, -0.15) is 4.31 Å². The van der Waals surface area contributed by atoms with Crippen LogP contribution in [0.25, 0.3) is 0 Å². The van der Waals surface area contributed by atoms with Crippen molar-refractivity contribution in [1.82, 2.24) is 18.8 Å². The number of hydrogen-bond donors (Lipinski definition) is 0. The molecule has 0 unspecified atom stereocenters. The second-order valence-corrected chi connectivity index (χ2v) is 9.48. The van der Waals surface area contributed by atoms with Crippen molar-refractivity contribution in [2.45, 2.75) is 23.3 Å². The molecule has 2 bridgehead atoms. The number of piperidine rings is 1. The maximum absolute atomic E-state index is 13.1. The summed E-state index contributed by atoms with van der Waals surface area (Å²) in [4.78, 5) is 31.0. The van der Waals surface area contributed by atoms with E-state index in [1.54, 1.807) is 30.8 Å². The summed E-state index contributed by atoms with van der Waals surface area (Å²) in [6.45, 7) is 0.471. The quantitative estimate of drug-likeness (QED) is 0.753. The van der Waals surface area contributed by atoms with Crippen molar-refractivity contribution >= 4 is 15.9 Å². The van der Waals surface area contributed by atoms with E-state index >= 15 is 0 Å². The molecule has 148 valence electrons. The average molecular weight is 402 g/mol. The van der Waals surface area contributed by atoms with E-state index in [4.69, 9.17) is 0 Å². The third kappa shape index (κ3) is 2.94. The van der Waals surface area contributed by atoms with Gasteiger partial charge in [0.25, 0.3) is 5.56 Å². The second kappa shape index (κ2) is 6.82. The van der Waals surface area contributed by atoms with E-state index in [1.807, 2.05) is 6.07 Å². The molecule has 0 N–H and O–H groups in total. The average Bonchev–Trinajstić information content (AvgIpc) is 2.69. The molecular weight excluding hydrogens is 380 g/mol. The van der Waals surface area contributed by atoms with Crippen LogP contribution in [0.4, 0.5) is 0 Å². The molecule has 4 rings (SSSR count). The number of amides is 1. The van der Waals surface area contributed by atoms with Crippen LogP contribution in [-0.4, -0.2) is 60.3 Å². The lowest BCUT2D eigenvalue weighted by molar-refractivity contribution is -0.135. The minimum atomic E-state index is -3.73. The number of fused-ring (bicyclic) bond motifs is 4. The summed E-state index contributed by atoms with van der Waals surface area (Å²) in [5, 5.41) is 0. The largest absolute Gasteiger partial charge is 0.347 e. The van der Waals surface area contributed by atoms with E-state index in [2.05, 4.69) is 4.98 Å². The number of carbonyl (C=O) groups is 1. The van der Waals surface area contributed by atoms with Crippen molar-refractivity contribution in [3.63, 3.8) is 0 Å². The van der Waals surface area contributed by atoms with Gasteiger partial charge in [0.2, 0.25) is 15.9 Å². The number of aromatic nitrogens is 2. The number of sulfonamides is 1. The Balaban J connectivity index is 1.80. The first kappa shape index (κ1) is 18.8. The molecule has 1 amide bonds. The molecule has 0 spiro atoms. The second-order valence-electron chi connectivity index (χ2n) is 7.54. The molecule has 8 nitrogen and oxygen atoms in total. The Morgan fingerprint density at radius 1 is 1.18 bits per heavy atom. The van der Waals surface area contributed by atoms with Crippen LogP contribution in [0, 0.1) is 5.92 Å². The number of pyridine rings is 2. The number of likely N-dealkylation sites (N-methyl/N-ethyl adjacent to an activating group) is 1. The molecule has 4 heterocycles. The van der Waals surface area contributed by atoms with Gasteiger partial charge in [0, 0.05) is 63.2 Å². The Bertz CT molecular complexity index is 1060. The summed E-state index contributed by atoms with van der Waals surface area (Å²) in [6, 6.07) is 7.34. The van der Waals surface area contributed by atoms with Gasteiger partial charge >= 0.3 is 0 Å². The van der Waals surface area contributed by atoms with Crippen molar-refractivity contribution in [3.05, 3.63) is 58.8 Å². The molecule has 2 aromatic heterocycles. The molecule has 0 aliphatic carbocycles. The summed E-state index contributed by atoms with van der Waals surface area (Å²) in [7, 11) is -0.432. The fourth-order valence-electron chi connectivity index (χ4n) is 4.32. The maximum Gasteiger partial charge on any atom is 0.251 e. The molecule has 3 atom stereocenters. The molecule has 0 aromatic carbocycles. The van der Waals surface area contributed by atoms with Gasteiger partial charge in [0.1, 0.15) is 10.9 Å². The van der Waals surface area contributed by atoms with Crippen molar-refractivity contribution in [2.24, 2.45) is 5.92 Å². The Morgan fingerprint density at radius 3 is 2.64 bits per heavy atom. The molecule has 9 heteroatoms. The minimum Gasteiger partial charge on any atom is -0.347 e. The standard InChI is InChI=1S/C19H22N4O4S/c1-21(2)19(25)18-14-9-13(16-6-3-7-17(24)23(16)18)11-22(12-14)28(26,27)15-5-4-8-20-10-15/h3-8,10,13-14,18H,9,11-12H2,1-2H3/t13-,14+,18-/m1/s1. The highest BCUT2D eigenvalue weighted by Crippen LogP contribution is 2.42. The SMILES string of the molecule is CN(C)C(=O)[C@H]1[C@H]2C[C@H](CN(S(=O)(=O)c3cccnc3)C2)c2cccc(=O)n21. The number of nitrogens with zero attached hydrogens (tertiary/aromatic N) is 4. The van der Waals surface area contributed by atoms with Crippen LogP contribution >= 0.6 is 0 Å². The molecule has 1 fully saturated rings. The molecule has 0 radical (unpaired) electrons. The van der Waals surface area contributed by atoms with Crippen molar-refractivity contribution in [2.75, 3.05) is 27.2 Å². The molecule has 2 aliphatic heterocycles. The van der Waals surface area contributed by atoms with Crippen LogP contribution in [0.1, 0.15) is 24.1 Å². The lowest BCUT2D eigenvalue weighted by atomic mass is 9.79. The van der Waals surface area contributed by atoms with Gasteiger partial charge in [-0.25, -0.2) is 8.42 Å². The van der Waals surface area contributed by atoms with E-state index < -0.39 is 16.1 Å². The van der Waals surface area contributed by atoms with Crippen molar-refractivity contribution in [1.29, 1.82) is 0 Å². The van der Waals surface area contributed by atoms with E-state index in [-0.39, 0.29) is 41.3 Å². The van der Waals surface area contributed by atoms with Crippen molar-refractivity contribution < 1.29 is 13.2 Å². The lowest BCUT2D eigenvalue weighted by Crippen LogP contribution is -2.54. The van der Waals surface area contributed by atoms with Gasteiger partial charge in [-0.1, -0.05) is 6.07 Å².